The van der Waals surface area contributed by atoms with Crippen LogP contribution in [-0.2, 0) is 14.4 Å². The van der Waals surface area contributed by atoms with Crippen molar-refractivity contribution in [3.63, 3.8) is 0 Å². The van der Waals surface area contributed by atoms with Crippen molar-refractivity contribution >= 4 is 34.3 Å². The van der Waals surface area contributed by atoms with Crippen molar-refractivity contribution in [1.82, 2.24) is 14.9 Å². The number of rotatable bonds is 12. The van der Waals surface area contributed by atoms with E-state index in [0.717, 1.165) is 44.9 Å². The molecule has 1 unspecified atom stereocenters. The number of carbonyl (C=O) groups is 3. The second kappa shape index (κ2) is 12.7. The van der Waals surface area contributed by atoms with Gasteiger partial charge in [0.1, 0.15) is 17.4 Å². The van der Waals surface area contributed by atoms with Gasteiger partial charge in [0.25, 0.3) is 5.56 Å². The maximum atomic E-state index is 13.2. The molecular weight excluding hydrogens is 450 g/mol. The van der Waals surface area contributed by atoms with E-state index in [4.69, 9.17) is 5.53 Å². The minimum absolute atomic E-state index is 0.138. The maximum absolute atomic E-state index is 13.2. The Morgan fingerprint density at radius 3 is 2.60 bits per heavy atom. The van der Waals surface area contributed by atoms with Crippen LogP contribution in [0.15, 0.2) is 28.1 Å². The van der Waals surface area contributed by atoms with Crippen LogP contribution < -0.4 is 16.2 Å². The van der Waals surface area contributed by atoms with Gasteiger partial charge in [0, 0.05) is 24.3 Å². The number of aryl methyl sites for hydroxylation is 1. The van der Waals surface area contributed by atoms with Crippen LogP contribution in [0.25, 0.3) is 21.3 Å². The number of para-hydroxylation sites is 1. The first-order chi connectivity index (χ1) is 16.9. The molecule has 35 heavy (non-hydrogen) atoms. The van der Waals surface area contributed by atoms with Crippen molar-refractivity contribution in [1.29, 1.82) is 0 Å². The number of hydrogen-bond acceptors (Lipinski definition) is 6. The molecule has 2 heterocycles. The minimum Gasteiger partial charge on any atom is -0.324 e. The predicted molar refractivity (Wildman–Crippen MR) is 132 cm³/mol. The molecule has 3 amide bonds. The van der Waals surface area contributed by atoms with E-state index in [-0.39, 0.29) is 30.2 Å². The smallest absolute Gasteiger partial charge is 0.262 e. The first-order valence-electron chi connectivity index (χ1n) is 12.1. The normalized spacial score (nSPS) is 15.5. The van der Waals surface area contributed by atoms with Crippen LogP contribution in [0.3, 0.4) is 0 Å². The van der Waals surface area contributed by atoms with Crippen molar-refractivity contribution < 1.29 is 14.4 Å². The highest BCUT2D eigenvalue weighted by Gasteiger charge is 2.30. The zero-order chi connectivity index (χ0) is 25.2. The van der Waals surface area contributed by atoms with Crippen LogP contribution in [0, 0.1) is 6.92 Å². The molecule has 0 spiro atoms. The number of hydrogen-bond donors (Lipinski definition) is 2. The van der Waals surface area contributed by atoms with Crippen molar-refractivity contribution in [3.05, 3.63) is 44.8 Å². The van der Waals surface area contributed by atoms with E-state index < -0.39 is 11.9 Å². The van der Waals surface area contributed by atoms with Gasteiger partial charge in [-0.05, 0) is 43.9 Å². The van der Waals surface area contributed by atoms with Gasteiger partial charge in [0.2, 0.25) is 17.7 Å². The number of amides is 3. The lowest BCUT2D eigenvalue weighted by Crippen LogP contribution is -2.45. The second-order valence-corrected chi connectivity index (χ2v) is 8.73. The molecule has 186 valence electrons. The van der Waals surface area contributed by atoms with Gasteiger partial charge in [-0.1, -0.05) is 43.3 Å². The Hall–Kier alpha value is -3.72. The highest BCUT2D eigenvalue weighted by molar-refractivity contribution is 6.01. The Balaban J connectivity index is 1.57. The van der Waals surface area contributed by atoms with E-state index in [1.165, 1.54) is 4.57 Å². The third-order valence-corrected chi connectivity index (χ3v) is 6.13. The summed E-state index contributed by atoms with van der Waals surface area (Å²) in [5.74, 6) is -0.651. The molecule has 0 aliphatic carbocycles. The predicted octanol–water partition coefficient (Wildman–Crippen LogP) is 4.05. The number of nitrogens with zero attached hydrogens (tertiary/aromatic N) is 5. The number of benzene rings is 1. The zero-order valence-electron chi connectivity index (χ0n) is 20.0. The lowest BCUT2D eigenvalue weighted by molar-refractivity contribution is -0.135. The zero-order valence-corrected chi connectivity index (χ0v) is 20.0. The molecule has 1 saturated heterocycles. The number of imide groups is 1. The number of anilines is 1. The molecule has 1 fully saturated rings. The lowest BCUT2D eigenvalue weighted by atomic mass is 10.1. The lowest BCUT2D eigenvalue weighted by Gasteiger charge is -2.24. The summed E-state index contributed by atoms with van der Waals surface area (Å²) in [7, 11) is 0. The van der Waals surface area contributed by atoms with Crippen LogP contribution in [0.2, 0.25) is 0 Å². The van der Waals surface area contributed by atoms with Crippen molar-refractivity contribution in [2.75, 3.05) is 11.9 Å². The summed E-state index contributed by atoms with van der Waals surface area (Å²) >= 11 is 0. The first-order valence-corrected chi connectivity index (χ1v) is 12.1. The molecule has 2 aromatic rings. The van der Waals surface area contributed by atoms with Crippen molar-refractivity contribution in [3.8, 4) is 0 Å². The average molecular weight is 482 g/mol. The number of aromatic nitrogens is 2. The Morgan fingerprint density at radius 2 is 1.89 bits per heavy atom. The Morgan fingerprint density at radius 1 is 1.17 bits per heavy atom. The first kappa shape index (κ1) is 25.9. The molecule has 11 heteroatoms. The number of unbranched alkanes of at least 4 members (excludes halogenated alkanes) is 6. The molecule has 1 atom stereocenters. The molecule has 3 rings (SSSR count). The van der Waals surface area contributed by atoms with Gasteiger partial charge < -0.3 is 5.32 Å². The number of piperidine rings is 1. The maximum Gasteiger partial charge on any atom is 0.262 e. The van der Waals surface area contributed by atoms with Gasteiger partial charge in [-0.15, -0.1) is 0 Å². The molecule has 0 saturated carbocycles. The molecular formula is C24H31N7O4. The van der Waals surface area contributed by atoms with E-state index in [1.54, 1.807) is 25.1 Å². The van der Waals surface area contributed by atoms with E-state index >= 15 is 0 Å². The summed E-state index contributed by atoms with van der Waals surface area (Å²) in [4.78, 5) is 56.8. The average Bonchev–Trinajstić information content (AvgIpc) is 2.82. The third kappa shape index (κ3) is 6.89. The van der Waals surface area contributed by atoms with Crippen LogP contribution in [-0.4, -0.2) is 33.8 Å². The highest BCUT2D eigenvalue weighted by Crippen LogP contribution is 2.23. The molecule has 11 nitrogen and oxygen atoms in total. The van der Waals surface area contributed by atoms with Gasteiger partial charge in [0.15, 0.2) is 0 Å². The fraction of sp³-hybridized carbons (Fsp3) is 0.542. The van der Waals surface area contributed by atoms with E-state index in [9.17, 15) is 19.2 Å². The molecule has 0 bridgehead atoms. The molecule has 2 N–H and O–H groups in total. The van der Waals surface area contributed by atoms with Crippen LogP contribution in [0.5, 0.6) is 0 Å². The fourth-order valence-electron chi connectivity index (χ4n) is 4.33. The molecule has 1 aliphatic heterocycles. The summed E-state index contributed by atoms with van der Waals surface area (Å²) in [6.07, 6.45) is 7.66. The number of fused-ring (bicyclic) bond motifs is 1. The summed E-state index contributed by atoms with van der Waals surface area (Å²) in [5, 5.41) is 8.97. The van der Waals surface area contributed by atoms with E-state index in [1.807, 2.05) is 0 Å². The highest BCUT2D eigenvalue weighted by atomic mass is 16.2. The molecule has 1 aromatic carbocycles. The SMILES string of the molecule is Cc1nc2c(NC(=O)CCCCCCCCCN=[N+]=[N-])cccc2c(=O)n1C1CCC(=O)NC1=O. The largest absolute Gasteiger partial charge is 0.324 e. The number of nitrogens with one attached hydrogen (secondary N) is 2. The van der Waals surface area contributed by atoms with Gasteiger partial charge in [-0.25, -0.2) is 4.98 Å². The van der Waals surface area contributed by atoms with Crippen LogP contribution in [0.1, 0.15) is 76.1 Å². The summed E-state index contributed by atoms with van der Waals surface area (Å²) in [6.45, 7) is 2.18. The monoisotopic (exact) mass is 481 g/mol. The Bertz CT molecular complexity index is 1200. The fourth-order valence-corrected chi connectivity index (χ4v) is 4.33. The summed E-state index contributed by atoms with van der Waals surface area (Å²) < 4.78 is 1.33. The molecule has 1 aromatic heterocycles. The van der Waals surface area contributed by atoms with Gasteiger partial charge in [-0.2, -0.15) is 0 Å². The molecule has 0 radical (unpaired) electrons. The Labute approximate surface area is 202 Å². The van der Waals surface area contributed by atoms with Crippen LogP contribution >= 0.6 is 0 Å². The van der Waals surface area contributed by atoms with Crippen molar-refractivity contribution in [2.24, 2.45) is 5.11 Å². The van der Waals surface area contributed by atoms with Crippen molar-refractivity contribution in [2.45, 2.75) is 77.2 Å². The summed E-state index contributed by atoms with van der Waals surface area (Å²) in [6, 6.07) is 4.21. The van der Waals surface area contributed by atoms with E-state index in [0.29, 0.717) is 35.4 Å². The van der Waals surface area contributed by atoms with Gasteiger partial charge >= 0.3 is 0 Å². The standard InChI is InChI=1S/C24H31N7O4/c1-16-27-22-17(24(35)31(16)19-13-14-21(33)29-23(19)34)10-9-11-18(22)28-20(32)12-7-5-3-2-4-6-8-15-26-30-25/h9-11,19H,2-8,12-15H2,1H3,(H,28,32)(H,29,33,34). The number of carbonyl (C=O) groups excluding carboxylic acids is 3. The molecule has 1 aliphatic rings. The second-order valence-electron chi connectivity index (χ2n) is 8.73. The van der Waals surface area contributed by atoms with Gasteiger partial charge in [-0.3, -0.25) is 29.1 Å². The summed E-state index contributed by atoms with van der Waals surface area (Å²) in [5.41, 5.74) is 8.71. The minimum atomic E-state index is -0.790. The van der Waals surface area contributed by atoms with E-state index in [2.05, 4.69) is 25.6 Å². The number of azide groups is 1. The van der Waals surface area contributed by atoms with Gasteiger partial charge in [0.05, 0.1) is 11.1 Å². The quantitative estimate of drug-likeness (QED) is 0.154. The Kier molecular flexibility index (Phi) is 9.37. The van der Waals surface area contributed by atoms with Crippen LogP contribution in [0.4, 0.5) is 5.69 Å². The third-order valence-electron chi connectivity index (χ3n) is 6.13. The topological polar surface area (TPSA) is 159 Å².